The zero-order chi connectivity index (χ0) is 10.7. The number of halogens is 2. The molecule has 0 aliphatic rings. The van der Waals surface area contributed by atoms with Gasteiger partial charge in [-0.05, 0) is 31.5 Å². The molecule has 0 heterocycles. The van der Waals surface area contributed by atoms with Crippen molar-refractivity contribution in [2.45, 2.75) is 25.8 Å². The number of rotatable bonds is 3. The lowest BCUT2D eigenvalue weighted by molar-refractivity contribution is 0.755. The van der Waals surface area contributed by atoms with Gasteiger partial charge in [0.2, 0.25) is 0 Å². The Morgan fingerprint density at radius 3 is 2.43 bits per heavy atom. The van der Waals surface area contributed by atoms with E-state index < -0.39 is 0 Å². The lowest BCUT2D eigenvalue weighted by Crippen LogP contribution is -2.25. The summed E-state index contributed by atoms with van der Waals surface area (Å²) < 4.78 is 0. The maximum absolute atomic E-state index is 6.15. The Kier molecular flexibility index (Phi) is 4.09. The Labute approximate surface area is 95.6 Å². The summed E-state index contributed by atoms with van der Waals surface area (Å²) in [5.41, 5.74) is 2.10. The first-order chi connectivity index (χ1) is 6.56. The van der Waals surface area contributed by atoms with E-state index >= 15 is 0 Å². The molecular formula is C11H15Cl2N. The average Bonchev–Trinajstić information content (AvgIpc) is 2.16. The number of nitrogens with zero attached hydrogens (tertiary/aromatic N) is 1. The van der Waals surface area contributed by atoms with Crippen LogP contribution in [0.3, 0.4) is 0 Å². The molecule has 1 aromatic carbocycles. The predicted octanol–water partition coefficient (Wildman–Crippen LogP) is 3.92. The lowest BCUT2D eigenvalue weighted by atomic mass is 10.2. The van der Waals surface area contributed by atoms with E-state index in [0.29, 0.717) is 11.9 Å². The van der Waals surface area contributed by atoms with E-state index in [4.69, 9.17) is 23.2 Å². The Morgan fingerprint density at radius 1 is 1.36 bits per heavy atom. The second-order valence-corrected chi connectivity index (χ2v) is 4.30. The molecule has 0 unspecified atom stereocenters. The molecule has 0 atom stereocenters. The van der Waals surface area contributed by atoms with E-state index in [0.717, 1.165) is 16.3 Å². The van der Waals surface area contributed by atoms with Crippen LogP contribution in [0.5, 0.6) is 0 Å². The summed E-state index contributed by atoms with van der Waals surface area (Å²) in [6, 6.07) is 6.38. The topological polar surface area (TPSA) is 3.24 Å². The van der Waals surface area contributed by atoms with Crippen molar-refractivity contribution in [3.8, 4) is 0 Å². The van der Waals surface area contributed by atoms with Crippen molar-refractivity contribution >= 4 is 28.9 Å². The van der Waals surface area contributed by atoms with Crippen molar-refractivity contribution in [2.24, 2.45) is 0 Å². The van der Waals surface area contributed by atoms with Crippen LogP contribution >= 0.6 is 23.2 Å². The van der Waals surface area contributed by atoms with Crippen LogP contribution in [-0.4, -0.2) is 13.1 Å². The number of hydrogen-bond acceptors (Lipinski definition) is 1. The molecule has 0 N–H and O–H groups in total. The highest BCUT2D eigenvalue weighted by molar-refractivity contribution is 6.33. The monoisotopic (exact) mass is 231 g/mol. The van der Waals surface area contributed by atoms with Crippen molar-refractivity contribution in [1.29, 1.82) is 0 Å². The van der Waals surface area contributed by atoms with Gasteiger partial charge in [-0.1, -0.05) is 17.7 Å². The van der Waals surface area contributed by atoms with Gasteiger partial charge in [0.25, 0.3) is 0 Å². The van der Waals surface area contributed by atoms with Gasteiger partial charge in [0.1, 0.15) is 0 Å². The highest BCUT2D eigenvalue weighted by Gasteiger charge is 2.09. The fraction of sp³-hybridized carbons (Fsp3) is 0.455. The smallest absolute Gasteiger partial charge is 0.0642 e. The summed E-state index contributed by atoms with van der Waals surface area (Å²) in [5, 5.41) is 0.763. The van der Waals surface area contributed by atoms with Crippen LogP contribution in [0, 0.1) is 0 Å². The maximum atomic E-state index is 6.15. The highest BCUT2D eigenvalue weighted by atomic mass is 35.5. The molecule has 0 saturated carbocycles. The van der Waals surface area contributed by atoms with Crippen molar-refractivity contribution in [2.75, 3.05) is 11.9 Å². The van der Waals surface area contributed by atoms with E-state index in [1.165, 1.54) is 0 Å². The van der Waals surface area contributed by atoms with Gasteiger partial charge in [0, 0.05) is 19.0 Å². The zero-order valence-electron chi connectivity index (χ0n) is 8.72. The first-order valence-corrected chi connectivity index (χ1v) is 5.54. The summed E-state index contributed by atoms with van der Waals surface area (Å²) in [4.78, 5) is 2.14. The van der Waals surface area contributed by atoms with Gasteiger partial charge in [-0.15, -0.1) is 11.6 Å². The largest absolute Gasteiger partial charge is 0.371 e. The van der Waals surface area contributed by atoms with Crippen LogP contribution in [0.4, 0.5) is 5.69 Å². The normalized spacial score (nSPS) is 10.7. The van der Waals surface area contributed by atoms with E-state index in [1.54, 1.807) is 0 Å². The summed E-state index contributed by atoms with van der Waals surface area (Å²) in [7, 11) is 2.03. The minimum Gasteiger partial charge on any atom is -0.371 e. The van der Waals surface area contributed by atoms with Gasteiger partial charge in [-0.25, -0.2) is 0 Å². The van der Waals surface area contributed by atoms with Gasteiger partial charge in [-0.3, -0.25) is 0 Å². The third-order valence-electron chi connectivity index (χ3n) is 2.32. The molecule has 0 bridgehead atoms. The Bertz CT molecular complexity index is 310. The van der Waals surface area contributed by atoms with E-state index in [2.05, 4.69) is 18.7 Å². The minimum absolute atomic E-state index is 0.439. The first kappa shape index (κ1) is 11.7. The molecule has 78 valence electrons. The quantitative estimate of drug-likeness (QED) is 0.714. The molecule has 0 spiro atoms. The summed E-state index contributed by atoms with van der Waals surface area (Å²) in [6.45, 7) is 4.26. The van der Waals surface area contributed by atoms with Crippen LogP contribution in [-0.2, 0) is 5.88 Å². The fourth-order valence-electron chi connectivity index (χ4n) is 1.20. The van der Waals surface area contributed by atoms with Crippen molar-refractivity contribution in [3.63, 3.8) is 0 Å². The molecule has 0 aromatic heterocycles. The number of anilines is 1. The first-order valence-electron chi connectivity index (χ1n) is 4.63. The van der Waals surface area contributed by atoms with Gasteiger partial charge in [-0.2, -0.15) is 0 Å². The molecule has 0 aliphatic carbocycles. The SMILES string of the molecule is CC(C)N(C)c1ccc(CCl)cc1Cl. The molecule has 1 aromatic rings. The van der Waals surface area contributed by atoms with Crippen LogP contribution in [0.2, 0.25) is 5.02 Å². The van der Waals surface area contributed by atoms with Gasteiger partial charge < -0.3 is 4.90 Å². The van der Waals surface area contributed by atoms with Crippen LogP contribution < -0.4 is 4.90 Å². The fourth-order valence-corrected chi connectivity index (χ4v) is 1.70. The van der Waals surface area contributed by atoms with Crippen LogP contribution in [0.25, 0.3) is 0 Å². The Balaban J connectivity index is 2.99. The van der Waals surface area contributed by atoms with Crippen LogP contribution in [0.15, 0.2) is 18.2 Å². The van der Waals surface area contributed by atoms with E-state index in [-0.39, 0.29) is 0 Å². The predicted molar refractivity (Wildman–Crippen MR) is 64.5 cm³/mol. The third-order valence-corrected chi connectivity index (χ3v) is 2.93. The molecule has 1 rings (SSSR count). The number of benzene rings is 1. The Morgan fingerprint density at radius 2 is 2.00 bits per heavy atom. The standard InChI is InChI=1S/C11H15Cl2N/c1-8(2)14(3)11-5-4-9(7-12)6-10(11)13/h4-6,8H,7H2,1-3H3. The van der Waals surface area contributed by atoms with Gasteiger partial charge in [0.15, 0.2) is 0 Å². The lowest BCUT2D eigenvalue weighted by Gasteiger charge is -2.25. The van der Waals surface area contributed by atoms with Gasteiger partial charge >= 0.3 is 0 Å². The second kappa shape index (κ2) is 4.90. The molecule has 0 radical (unpaired) electrons. The molecule has 3 heteroatoms. The van der Waals surface area contributed by atoms with Crippen molar-refractivity contribution in [1.82, 2.24) is 0 Å². The van der Waals surface area contributed by atoms with Gasteiger partial charge in [0.05, 0.1) is 10.7 Å². The minimum atomic E-state index is 0.439. The van der Waals surface area contributed by atoms with E-state index in [9.17, 15) is 0 Å². The molecule has 0 aliphatic heterocycles. The average molecular weight is 232 g/mol. The maximum Gasteiger partial charge on any atom is 0.0642 e. The van der Waals surface area contributed by atoms with E-state index in [1.807, 2.05) is 25.2 Å². The number of hydrogen-bond donors (Lipinski definition) is 0. The highest BCUT2D eigenvalue weighted by Crippen LogP contribution is 2.27. The molecule has 0 amide bonds. The molecule has 14 heavy (non-hydrogen) atoms. The molecule has 0 fully saturated rings. The van der Waals surface area contributed by atoms with Crippen LogP contribution in [0.1, 0.15) is 19.4 Å². The second-order valence-electron chi connectivity index (χ2n) is 3.62. The summed E-state index contributed by atoms with van der Waals surface area (Å²) >= 11 is 11.9. The summed E-state index contributed by atoms with van der Waals surface area (Å²) in [6.07, 6.45) is 0. The summed E-state index contributed by atoms with van der Waals surface area (Å²) in [5.74, 6) is 0.505. The molecule has 1 nitrogen and oxygen atoms in total. The zero-order valence-corrected chi connectivity index (χ0v) is 10.2. The molecular weight excluding hydrogens is 217 g/mol. The molecule has 0 saturated heterocycles. The van der Waals surface area contributed by atoms with Crippen molar-refractivity contribution in [3.05, 3.63) is 28.8 Å². The van der Waals surface area contributed by atoms with Crippen molar-refractivity contribution < 1.29 is 0 Å². The third kappa shape index (κ3) is 2.55. The number of alkyl halides is 1. The Hall–Kier alpha value is -0.400.